The molecule has 7 heteroatoms. The Balaban J connectivity index is 2.21. The molecule has 3 rings (SSSR count). The smallest absolute Gasteiger partial charge is 0.153 e. The van der Waals surface area contributed by atoms with E-state index in [1.807, 2.05) is 0 Å². The summed E-state index contributed by atoms with van der Waals surface area (Å²) in [5.74, 6) is -1.17. The van der Waals surface area contributed by atoms with Crippen molar-refractivity contribution in [1.82, 2.24) is 10.2 Å². The zero-order chi connectivity index (χ0) is 14.3. The van der Waals surface area contributed by atoms with E-state index in [1.165, 1.54) is 23.5 Å². The predicted molar refractivity (Wildman–Crippen MR) is 76.7 cm³/mol. The van der Waals surface area contributed by atoms with E-state index in [2.05, 4.69) is 10.2 Å². The quantitative estimate of drug-likeness (QED) is 0.740. The van der Waals surface area contributed by atoms with E-state index in [9.17, 15) is 8.78 Å². The Kier molecular flexibility index (Phi) is 3.19. The highest BCUT2D eigenvalue weighted by Crippen LogP contribution is 2.39. The van der Waals surface area contributed by atoms with Gasteiger partial charge in [0.1, 0.15) is 11.6 Å². The lowest BCUT2D eigenvalue weighted by Gasteiger charge is -2.04. The molecule has 3 aromatic rings. The van der Waals surface area contributed by atoms with E-state index in [1.54, 1.807) is 12.1 Å². The minimum absolute atomic E-state index is 0.175. The Bertz CT molecular complexity index is 762. The van der Waals surface area contributed by atoms with Crippen LogP contribution < -0.4 is 5.73 Å². The highest BCUT2D eigenvalue weighted by molar-refractivity contribution is 7.19. The van der Waals surface area contributed by atoms with Gasteiger partial charge in [-0.15, -0.1) is 11.3 Å². The molecule has 0 radical (unpaired) electrons. The van der Waals surface area contributed by atoms with Crippen LogP contribution in [0.1, 0.15) is 0 Å². The van der Waals surface area contributed by atoms with Gasteiger partial charge in [0, 0.05) is 6.07 Å². The summed E-state index contributed by atoms with van der Waals surface area (Å²) in [5, 5.41) is 6.68. The lowest BCUT2D eigenvalue weighted by atomic mass is 10.0. The summed E-state index contributed by atoms with van der Waals surface area (Å²) in [6, 6.07) is 6.75. The Labute approximate surface area is 122 Å². The molecule has 0 unspecified atom stereocenters. The molecule has 3 N–H and O–H groups in total. The third-order valence-corrected chi connectivity index (χ3v) is 4.01. The fourth-order valence-corrected chi connectivity index (χ4v) is 3.02. The SMILES string of the molecule is Nc1n[nH]c(-c2ccc(Cl)s2)c1-c1cc(F)cc(F)c1. The number of nitrogens with one attached hydrogen (secondary N) is 1. The number of aromatic amines is 1. The molecule has 0 atom stereocenters. The molecule has 2 heterocycles. The fraction of sp³-hybridized carbons (Fsp3) is 0. The second kappa shape index (κ2) is 4.88. The molecule has 0 fully saturated rings. The second-order valence-electron chi connectivity index (χ2n) is 4.12. The average Bonchev–Trinajstić information content (AvgIpc) is 2.94. The van der Waals surface area contributed by atoms with Crippen molar-refractivity contribution < 1.29 is 8.78 Å². The van der Waals surface area contributed by atoms with E-state index in [0.29, 0.717) is 21.2 Å². The number of nitrogens with zero attached hydrogens (tertiary/aromatic N) is 1. The van der Waals surface area contributed by atoms with E-state index >= 15 is 0 Å². The largest absolute Gasteiger partial charge is 0.382 e. The minimum Gasteiger partial charge on any atom is -0.382 e. The molecule has 0 aliphatic rings. The first-order chi connectivity index (χ1) is 9.54. The van der Waals surface area contributed by atoms with Gasteiger partial charge >= 0.3 is 0 Å². The van der Waals surface area contributed by atoms with Crippen molar-refractivity contribution in [2.45, 2.75) is 0 Å². The minimum atomic E-state index is -0.671. The van der Waals surface area contributed by atoms with Crippen LogP contribution in [0.15, 0.2) is 30.3 Å². The van der Waals surface area contributed by atoms with Crippen LogP contribution in [0.3, 0.4) is 0 Å². The molecular formula is C13H8ClF2N3S. The molecule has 0 bridgehead atoms. The number of benzene rings is 1. The summed E-state index contributed by atoms with van der Waals surface area (Å²) < 4.78 is 27.3. The number of nitrogen functional groups attached to an aromatic ring is 1. The first-order valence-corrected chi connectivity index (χ1v) is 6.80. The Morgan fingerprint density at radius 3 is 2.45 bits per heavy atom. The van der Waals surface area contributed by atoms with Gasteiger partial charge in [0.15, 0.2) is 5.82 Å². The number of hydrogen-bond donors (Lipinski definition) is 2. The normalized spacial score (nSPS) is 10.9. The second-order valence-corrected chi connectivity index (χ2v) is 5.84. The van der Waals surface area contributed by atoms with Crippen molar-refractivity contribution in [2.75, 3.05) is 5.73 Å². The van der Waals surface area contributed by atoms with Crippen molar-refractivity contribution in [1.29, 1.82) is 0 Å². The summed E-state index contributed by atoms with van der Waals surface area (Å²) >= 11 is 7.22. The maximum Gasteiger partial charge on any atom is 0.153 e. The molecule has 0 aliphatic heterocycles. The van der Waals surface area contributed by atoms with Gasteiger partial charge in [0.25, 0.3) is 0 Å². The zero-order valence-electron chi connectivity index (χ0n) is 9.95. The Hall–Kier alpha value is -1.92. The lowest BCUT2D eigenvalue weighted by Crippen LogP contribution is -1.90. The topological polar surface area (TPSA) is 54.7 Å². The monoisotopic (exact) mass is 311 g/mol. The summed E-state index contributed by atoms with van der Waals surface area (Å²) in [5.41, 5.74) is 7.18. The van der Waals surface area contributed by atoms with Crippen LogP contribution >= 0.6 is 22.9 Å². The molecule has 3 nitrogen and oxygen atoms in total. The summed E-state index contributed by atoms with van der Waals surface area (Å²) in [4.78, 5) is 0.791. The predicted octanol–water partition coefficient (Wildman–Crippen LogP) is 4.32. The number of rotatable bonds is 2. The summed E-state index contributed by atoms with van der Waals surface area (Å²) in [7, 11) is 0. The van der Waals surface area contributed by atoms with Crippen LogP contribution in [0.2, 0.25) is 4.34 Å². The van der Waals surface area contributed by atoms with Crippen molar-refractivity contribution in [3.8, 4) is 21.7 Å². The molecule has 0 amide bonds. The molecule has 102 valence electrons. The first kappa shape index (κ1) is 13.1. The van der Waals surface area contributed by atoms with Crippen LogP contribution in [0.25, 0.3) is 21.7 Å². The van der Waals surface area contributed by atoms with Gasteiger partial charge in [-0.2, -0.15) is 5.10 Å². The Morgan fingerprint density at radius 2 is 1.85 bits per heavy atom. The molecule has 0 saturated heterocycles. The Morgan fingerprint density at radius 1 is 1.15 bits per heavy atom. The van der Waals surface area contributed by atoms with Crippen LogP contribution in [-0.2, 0) is 0 Å². The van der Waals surface area contributed by atoms with E-state index < -0.39 is 11.6 Å². The third kappa shape index (κ3) is 2.28. The number of hydrogen-bond acceptors (Lipinski definition) is 3. The third-order valence-electron chi connectivity index (χ3n) is 2.77. The number of aromatic nitrogens is 2. The highest BCUT2D eigenvalue weighted by Gasteiger charge is 2.17. The van der Waals surface area contributed by atoms with Crippen LogP contribution in [-0.4, -0.2) is 10.2 Å². The van der Waals surface area contributed by atoms with Crippen molar-refractivity contribution >= 4 is 28.8 Å². The van der Waals surface area contributed by atoms with Crippen LogP contribution in [0, 0.1) is 11.6 Å². The number of thiophene rings is 1. The first-order valence-electron chi connectivity index (χ1n) is 5.60. The molecule has 20 heavy (non-hydrogen) atoms. The molecule has 0 saturated carbocycles. The van der Waals surface area contributed by atoms with Gasteiger partial charge in [-0.1, -0.05) is 11.6 Å². The summed E-state index contributed by atoms with van der Waals surface area (Å²) in [6.45, 7) is 0. The van der Waals surface area contributed by atoms with E-state index in [-0.39, 0.29) is 5.82 Å². The summed E-state index contributed by atoms with van der Waals surface area (Å²) in [6.07, 6.45) is 0. The van der Waals surface area contributed by atoms with E-state index in [4.69, 9.17) is 17.3 Å². The maximum absolute atomic E-state index is 13.4. The van der Waals surface area contributed by atoms with Crippen LogP contribution in [0.5, 0.6) is 0 Å². The molecule has 0 spiro atoms. The number of H-pyrrole nitrogens is 1. The average molecular weight is 312 g/mol. The molecule has 1 aromatic carbocycles. The van der Waals surface area contributed by atoms with Gasteiger partial charge in [0.2, 0.25) is 0 Å². The molecular weight excluding hydrogens is 304 g/mol. The van der Waals surface area contributed by atoms with Crippen LogP contribution in [0.4, 0.5) is 14.6 Å². The molecule has 0 aliphatic carbocycles. The van der Waals surface area contributed by atoms with Gasteiger partial charge in [0.05, 0.1) is 20.5 Å². The number of anilines is 1. The van der Waals surface area contributed by atoms with Gasteiger partial charge in [-0.25, -0.2) is 8.78 Å². The maximum atomic E-state index is 13.4. The van der Waals surface area contributed by atoms with Crippen molar-refractivity contribution in [3.05, 3.63) is 46.3 Å². The number of nitrogens with two attached hydrogens (primary N) is 1. The van der Waals surface area contributed by atoms with Gasteiger partial charge < -0.3 is 5.73 Å². The zero-order valence-corrected chi connectivity index (χ0v) is 11.5. The van der Waals surface area contributed by atoms with Gasteiger partial charge in [-0.3, -0.25) is 5.10 Å². The van der Waals surface area contributed by atoms with Crippen molar-refractivity contribution in [2.24, 2.45) is 0 Å². The lowest BCUT2D eigenvalue weighted by molar-refractivity contribution is 0.584. The highest BCUT2D eigenvalue weighted by atomic mass is 35.5. The standard InChI is InChI=1S/C13H8ClF2N3S/c14-10-2-1-9(20-10)12-11(13(17)19-18-12)6-3-7(15)5-8(16)4-6/h1-5H,(H3,17,18,19). The van der Waals surface area contributed by atoms with Crippen molar-refractivity contribution in [3.63, 3.8) is 0 Å². The fourth-order valence-electron chi connectivity index (χ4n) is 1.97. The number of halogens is 3. The van der Waals surface area contributed by atoms with E-state index in [0.717, 1.165) is 10.9 Å². The van der Waals surface area contributed by atoms with Gasteiger partial charge in [-0.05, 0) is 29.8 Å². The molecule has 2 aromatic heterocycles.